The zero-order chi connectivity index (χ0) is 33.5. The van der Waals surface area contributed by atoms with E-state index in [0.717, 1.165) is 44.4 Å². The minimum absolute atomic E-state index is 0.911. The lowest BCUT2D eigenvalue weighted by Gasteiger charge is -2.12. The van der Waals surface area contributed by atoms with Crippen LogP contribution in [-0.2, 0) is 0 Å². The minimum atomic E-state index is 0.911. The Morgan fingerprint density at radius 1 is 0.333 bits per heavy atom. The molecule has 0 radical (unpaired) electrons. The maximum atomic E-state index is 6.46. The standard InChI is InChI=1S/C48H30N2O/c1-2-13-31(14-3-1)32-15-10-17-34(29-32)49-41-24-7-4-20-39(41)46-43(49)27-28-44-47(46)40-21-5-8-25-42(40)50(44)35-18-11-16-33(30-35)36-22-12-23-38-37-19-6-9-26-45(37)51-48(36)38/h1-30H. The Bertz CT molecular complexity index is 3140. The summed E-state index contributed by atoms with van der Waals surface area (Å²) in [6, 6.07) is 65.4. The maximum absolute atomic E-state index is 6.46. The van der Waals surface area contributed by atoms with Crippen LogP contribution in [-0.4, -0.2) is 9.13 Å². The lowest BCUT2D eigenvalue weighted by Crippen LogP contribution is -1.95. The fourth-order valence-corrected chi connectivity index (χ4v) is 8.32. The molecule has 0 saturated carbocycles. The summed E-state index contributed by atoms with van der Waals surface area (Å²) in [7, 11) is 0. The fourth-order valence-electron chi connectivity index (χ4n) is 8.32. The molecule has 11 rings (SSSR count). The van der Waals surface area contributed by atoms with Crippen LogP contribution in [0.1, 0.15) is 0 Å². The first-order valence-electron chi connectivity index (χ1n) is 17.4. The molecule has 8 aromatic carbocycles. The molecule has 0 aliphatic rings. The van der Waals surface area contributed by atoms with Crippen LogP contribution < -0.4 is 0 Å². The molecule has 0 fully saturated rings. The number of rotatable bonds is 4. The number of fused-ring (bicyclic) bond motifs is 10. The van der Waals surface area contributed by atoms with Crippen LogP contribution in [0.3, 0.4) is 0 Å². The summed E-state index contributed by atoms with van der Waals surface area (Å²) in [5, 5.41) is 7.30. The summed E-state index contributed by atoms with van der Waals surface area (Å²) < 4.78 is 11.3. The maximum Gasteiger partial charge on any atom is 0.143 e. The van der Waals surface area contributed by atoms with Gasteiger partial charge >= 0.3 is 0 Å². The predicted octanol–water partition coefficient (Wildman–Crippen LogP) is 13.1. The highest BCUT2D eigenvalue weighted by molar-refractivity contribution is 6.29. The molecule has 238 valence electrons. The largest absolute Gasteiger partial charge is 0.455 e. The smallest absolute Gasteiger partial charge is 0.143 e. The molecule has 0 aliphatic heterocycles. The Hall–Kier alpha value is -6.84. The number of nitrogens with zero attached hydrogens (tertiary/aromatic N) is 2. The molecular weight excluding hydrogens is 621 g/mol. The average molecular weight is 651 g/mol. The van der Waals surface area contributed by atoms with Gasteiger partial charge in [0.05, 0.1) is 22.1 Å². The van der Waals surface area contributed by atoms with Gasteiger partial charge in [0.2, 0.25) is 0 Å². The van der Waals surface area contributed by atoms with Gasteiger partial charge in [0.1, 0.15) is 11.2 Å². The van der Waals surface area contributed by atoms with E-state index in [1.54, 1.807) is 0 Å². The number of hydrogen-bond acceptors (Lipinski definition) is 1. The Kier molecular flexibility index (Phi) is 5.96. The summed E-state index contributed by atoms with van der Waals surface area (Å²) in [6.07, 6.45) is 0. The van der Waals surface area contributed by atoms with Gasteiger partial charge in [0, 0.05) is 49.3 Å². The third-order valence-electron chi connectivity index (χ3n) is 10.5. The van der Waals surface area contributed by atoms with E-state index in [2.05, 4.69) is 179 Å². The number of hydrogen-bond donors (Lipinski definition) is 0. The third kappa shape index (κ3) is 4.12. The Morgan fingerprint density at radius 3 is 1.53 bits per heavy atom. The van der Waals surface area contributed by atoms with Gasteiger partial charge in [-0.1, -0.05) is 127 Å². The van der Waals surface area contributed by atoms with Crippen molar-refractivity contribution in [2.24, 2.45) is 0 Å². The topological polar surface area (TPSA) is 23.0 Å². The molecule has 3 nitrogen and oxygen atoms in total. The lowest BCUT2D eigenvalue weighted by atomic mass is 10.0. The summed E-state index contributed by atoms with van der Waals surface area (Å²) in [5.74, 6) is 0. The van der Waals surface area contributed by atoms with Gasteiger partial charge in [0.25, 0.3) is 0 Å². The van der Waals surface area contributed by atoms with E-state index >= 15 is 0 Å². The molecule has 0 atom stereocenters. The zero-order valence-electron chi connectivity index (χ0n) is 27.6. The van der Waals surface area contributed by atoms with E-state index in [1.165, 1.54) is 54.7 Å². The first kappa shape index (κ1) is 28.0. The highest BCUT2D eigenvalue weighted by atomic mass is 16.3. The van der Waals surface area contributed by atoms with Gasteiger partial charge in [-0.3, -0.25) is 0 Å². The molecule has 0 unspecified atom stereocenters. The van der Waals surface area contributed by atoms with Crippen LogP contribution in [0, 0.1) is 0 Å². The quantitative estimate of drug-likeness (QED) is 0.186. The van der Waals surface area contributed by atoms with Crippen molar-refractivity contribution >= 4 is 65.6 Å². The van der Waals surface area contributed by atoms with Crippen LogP contribution in [0.5, 0.6) is 0 Å². The zero-order valence-corrected chi connectivity index (χ0v) is 27.6. The van der Waals surface area contributed by atoms with Gasteiger partial charge in [-0.15, -0.1) is 0 Å². The molecule has 0 spiro atoms. The van der Waals surface area contributed by atoms with Crippen molar-refractivity contribution in [2.75, 3.05) is 0 Å². The van der Waals surface area contributed by atoms with Gasteiger partial charge in [-0.2, -0.15) is 0 Å². The number of para-hydroxylation sites is 4. The molecule has 11 aromatic rings. The summed E-state index contributed by atoms with van der Waals surface area (Å²) in [5.41, 5.74) is 13.5. The molecule has 51 heavy (non-hydrogen) atoms. The van der Waals surface area contributed by atoms with E-state index in [9.17, 15) is 0 Å². The van der Waals surface area contributed by atoms with Crippen molar-refractivity contribution in [3.05, 3.63) is 182 Å². The highest BCUT2D eigenvalue weighted by Gasteiger charge is 2.21. The Labute approximate surface area is 293 Å². The van der Waals surface area contributed by atoms with E-state index in [4.69, 9.17) is 4.42 Å². The van der Waals surface area contributed by atoms with Gasteiger partial charge < -0.3 is 13.6 Å². The molecule has 3 heterocycles. The van der Waals surface area contributed by atoms with Crippen LogP contribution in [0.15, 0.2) is 186 Å². The van der Waals surface area contributed by atoms with Gasteiger partial charge in [-0.05, 0) is 71.3 Å². The van der Waals surface area contributed by atoms with Gasteiger partial charge in [0.15, 0.2) is 0 Å². The van der Waals surface area contributed by atoms with Crippen molar-refractivity contribution in [3.63, 3.8) is 0 Å². The minimum Gasteiger partial charge on any atom is -0.455 e. The molecule has 3 aromatic heterocycles. The van der Waals surface area contributed by atoms with E-state index in [-0.39, 0.29) is 0 Å². The van der Waals surface area contributed by atoms with Crippen molar-refractivity contribution in [3.8, 4) is 33.6 Å². The molecule has 0 saturated heterocycles. The van der Waals surface area contributed by atoms with E-state index < -0.39 is 0 Å². The molecule has 0 aliphatic carbocycles. The fraction of sp³-hybridized carbons (Fsp3) is 0. The monoisotopic (exact) mass is 650 g/mol. The van der Waals surface area contributed by atoms with Crippen molar-refractivity contribution in [1.29, 1.82) is 0 Å². The molecule has 0 N–H and O–H groups in total. The first-order chi connectivity index (χ1) is 25.3. The Morgan fingerprint density at radius 2 is 0.843 bits per heavy atom. The van der Waals surface area contributed by atoms with Crippen LogP contribution in [0.2, 0.25) is 0 Å². The lowest BCUT2D eigenvalue weighted by molar-refractivity contribution is 0.670. The number of furan rings is 1. The van der Waals surface area contributed by atoms with Crippen molar-refractivity contribution in [1.82, 2.24) is 9.13 Å². The Balaban J connectivity index is 1.17. The van der Waals surface area contributed by atoms with Crippen LogP contribution in [0.25, 0.3) is 99.2 Å². The van der Waals surface area contributed by atoms with Crippen molar-refractivity contribution in [2.45, 2.75) is 0 Å². The molecule has 0 amide bonds. The van der Waals surface area contributed by atoms with Gasteiger partial charge in [-0.25, -0.2) is 0 Å². The summed E-state index contributed by atoms with van der Waals surface area (Å²) >= 11 is 0. The number of aromatic nitrogens is 2. The molecule has 0 bridgehead atoms. The van der Waals surface area contributed by atoms with E-state index in [0.29, 0.717) is 0 Å². The van der Waals surface area contributed by atoms with Crippen molar-refractivity contribution < 1.29 is 4.42 Å². The SMILES string of the molecule is c1ccc(-c2cccc(-n3c4ccccc4c4c5c6ccccc6n(-c6cccc(-c7cccc8c7oc7ccccc78)c6)c5ccc43)c2)cc1. The molecular formula is C48H30N2O. The normalized spacial score (nSPS) is 11.9. The molecule has 3 heteroatoms. The second-order valence-corrected chi connectivity index (χ2v) is 13.3. The van der Waals surface area contributed by atoms with Crippen LogP contribution in [0.4, 0.5) is 0 Å². The van der Waals surface area contributed by atoms with E-state index in [1.807, 2.05) is 12.1 Å². The second-order valence-electron chi connectivity index (χ2n) is 13.3. The number of benzene rings is 8. The average Bonchev–Trinajstić information content (AvgIpc) is 3.86. The first-order valence-corrected chi connectivity index (χ1v) is 17.4. The van der Waals surface area contributed by atoms with Crippen LogP contribution >= 0.6 is 0 Å². The highest BCUT2D eigenvalue weighted by Crippen LogP contribution is 2.43. The third-order valence-corrected chi connectivity index (χ3v) is 10.5. The summed E-state index contributed by atoms with van der Waals surface area (Å²) in [6.45, 7) is 0. The second kappa shape index (κ2) is 10.8. The predicted molar refractivity (Wildman–Crippen MR) is 213 cm³/mol. The summed E-state index contributed by atoms with van der Waals surface area (Å²) in [4.78, 5) is 0.